The number of carbonyl (C=O) groups excluding carboxylic acids is 3. The van der Waals surface area contributed by atoms with Gasteiger partial charge in [-0.1, -0.05) is 19.4 Å². The number of carbonyl (C=O) groups is 3. The smallest absolute Gasteiger partial charge is 0.161 e. The van der Waals surface area contributed by atoms with Crippen molar-refractivity contribution in [1.29, 1.82) is 0 Å². The van der Waals surface area contributed by atoms with E-state index in [4.69, 9.17) is 5.11 Å². The van der Waals surface area contributed by atoms with E-state index < -0.39 is 18.2 Å². The van der Waals surface area contributed by atoms with Gasteiger partial charge in [0.2, 0.25) is 0 Å². The topological polar surface area (TPSA) is 135 Å². The van der Waals surface area contributed by atoms with E-state index in [1.54, 1.807) is 0 Å². The molecule has 4 aliphatic carbocycles. The van der Waals surface area contributed by atoms with Gasteiger partial charge >= 0.3 is 0 Å². The number of aliphatic hydroxyl groups excluding tert-OH is 3. The second-order valence-corrected chi connectivity index (χ2v) is 13.1. The van der Waals surface area contributed by atoms with E-state index in [2.05, 4.69) is 13.8 Å². The van der Waals surface area contributed by atoms with Crippen LogP contribution in [0.3, 0.4) is 0 Å². The molecule has 0 aliphatic heterocycles. The van der Waals surface area contributed by atoms with Crippen molar-refractivity contribution >= 4 is 17.5 Å². The second-order valence-electron chi connectivity index (χ2n) is 13.1. The summed E-state index contributed by atoms with van der Waals surface area (Å²) >= 11 is 0. The number of likely N-dealkylation sites (N-methyl/N-ethyl adjacent to an activating group) is 1. The molecule has 4 rings (SSSR count). The number of aliphatic hydroxyl groups is 3. The fraction of sp³-hybridized carbons (Fsp3) is 0.821. The van der Waals surface area contributed by atoms with Crippen LogP contribution in [-0.4, -0.2) is 83.8 Å². The molecule has 0 saturated heterocycles. The zero-order valence-electron chi connectivity index (χ0n) is 22.5. The summed E-state index contributed by atoms with van der Waals surface area (Å²) in [6.45, 7) is 4.46. The lowest BCUT2D eigenvalue weighted by Gasteiger charge is -2.59. The van der Waals surface area contributed by atoms with Crippen LogP contribution in [-0.2, 0) is 14.4 Å². The quantitative estimate of drug-likeness (QED) is 0.454. The summed E-state index contributed by atoms with van der Waals surface area (Å²) in [7, 11) is 5.66. The Hall–Kier alpha value is -1.61. The SMILES string of the molecule is C[C@]12C[C@H](O)[C@H]3[C@@H](CCC4=CC(=O)CC[C@@]43C)[C@@H]1CC[C@@H]2C(=O)CO.C[N+](C)(C)C[C@H](O)CC(=O)[O-]. The molecule has 0 radical (unpaired) electrons. The van der Waals surface area contributed by atoms with Gasteiger partial charge in [-0.25, -0.2) is 0 Å². The third-order valence-corrected chi connectivity index (χ3v) is 9.60. The van der Waals surface area contributed by atoms with Crippen LogP contribution in [0.5, 0.6) is 0 Å². The number of ketones is 2. The Kier molecular flexibility index (Phi) is 8.55. The third-order valence-electron chi connectivity index (χ3n) is 9.60. The van der Waals surface area contributed by atoms with Crippen molar-refractivity contribution < 1.29 is 39.3 Å². The monoisotopic (exact) mass is 507 g/mol. The average molecular weight is 508 g/mol. The molecule has 0 unspecified atom stereocenters. The third kappa shape index (κ3) is 5.77. The number of allylic oxidation sites excluding steroid dienone is 1. The van der Waals surface area contributed by atoms with Gasteiger partial charge in [-0.15, -0.1) is 0 Å². The number of hydrogen-bond donors (Lipinski definition) is 3. The molecule has 36 heavy (non-hydrogen) atoms. The molecule has 0 aromatic carbocycles. The number of hydrogen-bond acceptors (Lipinski definition) is 7. The molecule has 0 bridgehead atoms. The van der Waals surface area contributed by atoms with Gasteiger partial charge in [-0.05, 0) is 73.2 Å². The average Bonchev–Trinajstić information content (AvgIpc) is 3.08. The molecular weight excluding hydrogens is 462 g/mol. The molecule has 0 aromatic heterocycles. The van der Waals surface area contributed by atoms with Gasteiger partial charge in [0.25, 0.3) is 0 Å². The van der Waals surface area contributed by atoms with Crippen LogP contribution in [0.25, 0.3) is 0 Å². The standard InChI is InChI=1S/C21H30O4.C7H15NO3/c1-20-8-7-13(23)9-12(20)3-4-14-15-5-6-16(18(25)11-22)21(15,2)10-17(24)19(14)20;1-8(2,3)5-6(9)4-7(10)11/h9,14-17,19,22,24H,3-8,10-11H2,1-2H3;6,9H,4-5H2,1-3H3/t14-,15-,16+,17-,19+,20-,21-;6-/m01/s1. The molecule has 0 spiro atoms. The van der Waals surface area contributed by atoms with Gasteiger partial charge in [0.1, 0.15) is 19.3 Å². The molecule has 0 heterocycles. The highest BCUT2D eigenvalue weighted by Crippen LogP contribution is 2.66. The largest absolute Gasteiger partial charge is 0.550 e. The molecule has 8 atom stereocenters. The first-order valence-corrected chi connectivity index (χ1v) is 13.4. The summed E-state index contributed by atoms with van der Waals surface area (Å²) < 4.78 is 0.550. The Balaban J connectivity index is 0.000000280. The fourth-order valence-electron chi connectivity index (χ4n) is 8.22. The van der Waals surface area contributed by atoms with Crippen molar-refractivity contribution in [2.75, 3.05) is 34.3 Å². The minimum atomic E-state index is -1.20. The summed E-state index contributed by atoms with van der Waals surface area (Å²) in [5.74, 6) is -0.0848. The van der Waals surface area contributed by atoms with E-state index in [0.717, 1.165) is 32.1 Å². The van der Waals surface area contributed by atoms with E-state index >= 15 is 0 Å². The first-order valence-electron chi connectivity index (χ1n) is 13.4. The van der Waals surface area contributed by atoms with Gasteiger partial charge in [-0.2, -0.15) is 0 Å². The highest BCUT2D eigenvalue weighted by atomic mass is 16.4. The summed E-state index contributed by atoms with van der Waals surface area (Å²) in [5.41, 5.74) is 0.979. The van der Waals surface area contributed by atoms with Crippen LogP contribution < -0.4 is 5.11 Å². The molecule has 8 heteroatoms. The first kappa shape index (κ1) is 29.0. The zero-order valence-corrected chi connectivity index (χ0v) is 22.5. The Morgan fingerprint density at radius 2 is 1.83 bits per heavy atom. The number of carboxylic acids is 1. The number of Topliss-reactive ketones (excluding diaryl/α,β-unsaturated/α-hetero) is 1. The van der Waals surface area contributed by atoms with Crippen molar-refractivity contribution in [3.63, 3.8) is 0 Å². The maximum Gasteiger partial charge on any atom is 0.161 e. The number of carboxylic acid groups (broad SMARTS) is 1. The van der Waals surface area contributed by atoms with Crippen molar-refractivity contribution in [2.45, 2.75) is 77.4 Å². The van der Waals surface area contributed by atoms with Gasteiger partial charge in [0, 0.05) is 24.7 Å². The maximum absolute atomic E-state index is 12.3. The van der Waals surface area contributed by atoms with Crippen LogP contribution in [0.15, 0.2) is 11.6 Å². The van der Waals surface area contributed by atoms with E-state index in [9.17, 15) is 29.7 Å². The van der Waals surface area contributed by atoms with Gasteiger partial charge in [0.05, 0.1) is 27.2 Å². The van der Waals surface area contributed by atoms with E-state index in [-0.39, 0.29) is 47.3 Å². The van der Waals surface area contributed by atoms with Gasteiger partial charge < -0.3 is 29.7 Å². The lowest BCUT2D eigenvalue weighted by atomic mass is 9.46. The molecule has 0 amide bonds. The van der Waals surface area contributed by atoms with Crippen LogP contribution in [0.1, 0.15) is 65.2 Å². The van der Waals surface area contributed by atoms with Crippen LogP contribution in [0.4, 0.5) is 0 Å². The summed E-state index contributed by atoms with van der Waals surface area (Å²) in [6.07, 6.45) is 6.23. The Bertz CT molecular complexity index is 893. The molecule has 8 nitrogen and oxygen atoms in total. The predicted octanol–water partition coefficient (Wildman–Crippen LogP) is 0.860. The number of nitrogens with zero attached hydrogens (tertiary/aromatic N) is 1. The second kappa shape index (κ2) is 10.6. The molecule has 204 valence electrons. The minimum Gasteiger partial charge on any atom is -0.550 e. The fourth-order valence-corrected chi connectivity index (χ4v) is 8.22. The summed E-state index contributed by atoms with van der Waals surface area (Å²) in [6, 6.07) is 0. The highest BCUT2D eigenvalue weighted by molar-refractivity contribution is 5.91. The number of quaternary nitrogens is 1. The Labute approximate surface area is 215 Å². The Morgan fingerprint density at radius 1 is 1.17 bits per heavy atom. The van der Waals surface area contributed by atoms with Crippen LogP contribution in [0.2, 0.25) is 0 Å². The van der Waals surface area contributed by atoms with Crippen molar-refractivity contribution in [1.82, 2.24) is 0 Å². The Morgan fingerprint density at radius 3 is 2.42 bits per heavy atom. The summed E-state index contributed by atoms with van der Waals surface area (Å²) in [5, 5.41) is 39.7. The zero-order chi connectivity index (χ0) is 27.1. The predicted molar refractivity (Wildman–Crippen MR) is 132 cm³/mol. The minimum absolute atomic E-state index is 0.0541. The van der Waals surface area contributed by atoms with E-state index in [1.807, 2.05) is 27.2 Å². The van der Waals surface area contributed by atoms with Crippen molar-refractivity contribution in [3.05, 3.63) is 11.6 Å². The van der Waals surface area contributed by atoms with Crippen molar-refractivity contribution in [2.24, 2.45) is 34.5 Å². The number of fused-ring (bicyclic) bond motifs is 5. The first-order chi connectivity index (χ1) is 16.6. The number of rotatable bonds is 6. The molecule has 0 aromatic rings. The van der Waals surface area contributed by atoms with Gasteiger partial charge in [0.15, 0.2) is 11.6 Å². The molecule has 4 aliphatic rings. The lowest BCUT2D eigenvalue weighted by molar-refractivity contribution is -0.873. The van der Waals surface area contributed by atoms with E-state index in [0.29, 0.717) is 35.7 Å². The van der Waals surface area contributed by atoms with Gasteiger partial charge in [-0.3, -0.25) is 9.59 Å². The van der Waals surface area contributed by atoms with Crippen LogP contribution in [0, 0.1) is 34.5 Å². The number of aliphatic carboxylic acids is 1. The molecule has 3 saturated carbocycles. The lowest BCUT2D eigenvalue weighted by Crippen LogP contribution is -2.57. The highest BCUT2D eigenvalue weighted by Gasteiger charge is 2.62. The maximum atomic E-state index is 12.3. The molecule has 3 fully saturated rings. The van der Waals surface area contributed by atoms with Crippen molar-refractivity contribution in [3.8, 4) is 0 Å². The van der Waals surface area contributed by atoms with Crippen LogP contribution >= 0.6 is 0 Å². The summed E-state index contributed by atoms with van der Waals surface area (Å²) in [4.78, 5) is 34.2. The van der Waals surface area contributed by atoms with E-state index in [1.165, 1.54) is 5.57 Å². The molecular formula is C28H45NO7. The normalized spacial score (nSPS) is 38.5. The molecule has 3 N–H and O–H groups in total.